The van der Waals surface area contributed by atoms with E-state index >= 15 is 0 Å². The van der Waals surface area contributed by atoms with E-state index in [1.54, 1.807) is 0 Å². The fourth-order valence-corrected chi connectivity index (χ4v) is 2.71. The number of rotatable bonds is 8. The summed E-state index contributed by atoms with van der Waals surface area (Å²) in [6.45, 7) is 5.03. The second-order valence-electron chi connectivity index (χ2n) is 5.78. The van der Waals surface area contributed by atoms with Gasteiger partial charge in [0.1, 0.15) is 11.5 Å². The second kappa shape index (κ2) is 8.78. The van der Waals surface area contributed by atoms with Gasteiger partial charge in [0.25, 0.3) is 0 Å². The van der Waals surface area contributed by atoms with Gasteiger partial charge in [-0.25, -0.2) is 0 Å². The fourth-order valence-electron chi connectivity index (χ4n) is 2.71. The summed E-state index contributed by atoms with van der Waals surface area (Å²) in [5.41, 5.74) is 2.36. The molecule has 0 aromatic heterocycles. The number of benzene rings is 3. The summed E-state index contributed by atoms with van der Waals surface area (Å²) in [5, 5.41) is 3.47. The predicted molar refractivity (Wildman–Crippen MR) is 106 cm³/mol. The molecule has 0 aliphatic carbocycles. The molecule has 0 aliphatic heterocycles. The molecule has 0 aliphatic rings. The Labute approximate surface area is 149 Å². The Balaban J connectivity index is 1.50. The van der Waals surface area contributed by atoms with Crippen LogP contribution in [0.4, 0.5) is 11.4 Å². The zero-order chi connectivity index (χ0) is 17.3. The van der Waals surface area contributed by atoms with Crippen LogP contribution >= 0.6 is 0 Å². The summed E-state index contributed by atoms with van der Waals surface area (Å²) in [6, 6.07) is 28.4. The minimum Gasteiger partial charge on any atom is -0.457 e. The Bertz CT molecular complexity index is 742. The smallest absolute Gasteiger partial charge is 0.127 e. The van der Waals surface area contributed by atoms with Gasteiger partial charge in [-0.3, -0.25) is 0 Å². The van der Waals surface area contributed by atoms with Crippen molar-refractivity contribution in [3.8, 4) is 11.5 Å². The van der Waals surface area contributed by atoms with Gasteiger partial charge in [0.05, 0.1) is 0 Å². The van der Waals surface area contributed by atoms with Crippen molar-refractivity contribution in [2.24, 2.45) is 0 Å². The lowest BCUT2D eigenvalue weighted by Crippen LogP contribution is -2.28. The van der Waals surface area contributed by atoms with E-state index in [0.29, 0.717) is 0 Å². The molecule has 3 aromatic carbocycles. The average molecular weight is 332 g/mol. The van der Waals surface area contributed by atoms with E-state index < -0.39 is 0 Å². The highest BCUT2D eigenvalue weighted by Gasteiger charge is 2.03. The Morgan fingerprint density at radius 1 is 0.760 bits per heavy atom. The van der Waals surface area contributed by atoms with E-state index in [0.717, 1.165) is 36.8 Å². The molecule has 3 heteroatoms. The first-order valence-electron chi connectivity index (χ1n) is 8.72. The highest BCUT2D eigenvalue weighted by Crippen LogP contribution is 2.22. The summed E-state index contributed by atoms with van der Waals surface area (Å²) in [7, 11) is 0. The van der Waals surface area contributed by atoms with Crippen molar-refractivity contribution in [1.82, 2.24) is 0 Å². The molecule has 0 saturated heterocycles. The first-order chi connectivity index (χ1) is 12.3. The van der Waals surface area contributed by atoms with Crippen LogP contribution in [0.15, 0.2) is 84.9 Å². The highest BCUT2D eigenvalue weighted by atomic mass is 16.5. The second-order valence-corrected chi connectivity index (χ2v) is 5.78. The zero-order valence-corrected chi connectivity index (χ0v) is 14.6. The van der Waals surface area contributed by atoms with E-state index in [9.17, 15) is 0 Å². The number of nitrogens with one attached hydrogen (secondary N) is 1. The third kappa shape index (κ3) is 5.01. The van der Waals surface area contributed by atoms with Crippen molar-refractivity contribution in [2.75, 3.05) is 29.9 Å². The molecule has 0 heterocycles. The highest BCUT2D eigenvalue weighted by molar-refractivity contribution is 5.49. The summed E-state index contributed by atoms with van der Waals surface area (Å²) in [4.78, 5) is 2.36. The van der Waals surface area contributed by atoms with Gasteiger partial charge < -0.3 is 15.0 Å². The Morgan fingerprint density at radius 3 is 2.00 bits per heavy atom. The number of nitrogens with zero attached hydrogens (tertiary/aromatic N) is 1. The van der Waals surface area contributed by atoms with Gasteiger partial charge in [0, 0.05) is 31.0 Å². The summed E-state index contributed by atoms with van der Waals surface area (Å²) in [6.07, 6.45) is 0. The molecule has 0 atom stereocenters. The lowest BCUT2D eigenvalue weighted by molar-refractivity contribution is 0.483. The lowest BCUT2D eigenvalue weighted by atomic mass is 10.2. The largest absolute Gasteiger partial charge is 0.457 e. The van der Waals surface area contributed by atoms with Gasteiger partial charge in [-0.15, -0.1) is 0 Å². The van der Waals surface area contributed by atoms with Crippen molar-refractivity contribution in [3.05, 3.63) is 84.9 Å². The molecule has 3 rings (SSSR count). The predicted octanol–water partition coefficient (Wildman–Crippen LogP) is 5.42. The van der Waals surface area contributed by atoms with Gasteiger partial charge in [-0.05, 0) is 55.5 Å². The third-order valence-corrected chi connectivity index (χ3v) is 4.05. The summed E-state index contributed by atoms with van der Waals surface area (Å²) in [5.74, 6) is 1.70. The minimum absolute atomic E-state index is 0.844. The molecule has 0 fully saturated rings. The van der Waals surface area contributed by atoms with Crippen LogP contribution in [0.3, 0.4) is 0 Å². The Hall–Kier alpha value is -2.94. The average Bonchev–Trinajstić information content (AvgIpc) is 2.68. The number of ether oxygens (including phenoxy) is 1. The van der Waals surface area contributed by atoms with Crippen LogP contribution in [0.2, 0.25) is 0 Å². The molecule has 128 valence electrons. The van der Waals surface area contributed by atoms with Crippen molar-refractivity contribution in [1.29, 1.82) is 0 Å². The third-order valence-electron chi connectivity index (χ3n) is 4.05. The van der Waals surface area contributed by atoms with Crippen LogP contribution < -0.4 is 15.0 Å². The molecule has 3 nitrogen and oxygen atoms in total. The van der Waals surface area contributed by atoms with Crippen LogP contribution in [-0.2, 0) is 0 Å². The molecule has 0 spiro atoms. The Kier molecular flexibility index (Phi) is 5.94. The van der Waals surface area contributed by atoms with E-state index in [4.69, 9.17) is 4.74 Å². The van der Waals surface area contributed by atoms with Crippen LogP contribution in [0.1, 0.15) is 6.92 Å². The van der Waals surface area contributed by atoms with Crippen LogP contribution in [0, 0.1) is 0 Å². The van der Waals surface area contributed by atoms with Gasteiger partial charge in [0.2, 0.25) is 0 Å². The molecular weight excluding hydrogens is 308 g/mol. The van der Waals surface area contributed by atoms with E-state index in [2.05, 4.69) is 59.6 Å². The molecule has 0 unspecified atom stereocenters. The van der Waals surface area contributed by atoms with Crippen LogP contribution in [0.5, 0.6) is 11.5 Å². The number of anilines is 2. The van der Waals surface area contributed by atoms with Crippen molar-refractivity contribution >= 4 is 11.4 Å². The minimum atomic E-state index is 0.844. The molecule has 0 radical (unpaired) electrons. The lowest BCUT2D eigenvalue weighted by Gasteiger charge is -2.23. The van der Waals surface area contributed by atoms with Crippen LogP contribution in [-0.4, -0.2) is 19.6 Å². The zero-order valence-electron chi connectivity index (χ0n) is 14.6. The molecule has 3 aromatic rings. The molecule has 25 heavy (non-hydrogen) atoms. The molecular formula is C22H24N2O. The normalized spacial score (nSPS) is 10.3. The monoisotopic (exact) mass is 332 g/mol. The summed E-state index contributed by atoms with van der Waals surface area (Å²) < 4.78 is 5.82. The van der Waals surface area contributed by atoms with Gasteiger partial charge >= 0.3 is 0 Å². The maximum Gasteiger partial charge on any atom is 0.127 e. The molecule has 1 N–H and O–H groups in total. The standard InChI is InChI=1S/C22H24N2O/c1-2-24(20-9-5-3-6-10-20)18-17-23-19-13-15-22(16-14-19)25-21-11-7-4-8-12-21/h3-16,23H,2,17-18H2,1H3. The Morgan fingerprint density at radius 2 is 1.36 bits per heavy atom. The first-order valence-corrected chi connectivity index (χ1v) is 8.72. The van der Waals surface area contributed by atoms with Gasteiger partial charge in [-0.1, -0.05) is 36.4 Å². The molecule has 0 amide bonds. The maximum atomic E-state index is 5.82. The van der Waals surface area contributed by atoms with Gasteiger partial charge in [0.15, 0.2) is 0 Å². The van der Waals surface area contributed by atoms with Crippen LogP contribution in [0.25, 0.3) is 0 Å². The topological polar surface area (TPSA) is 24.5 Å². The number of hydrogen-bond donors (Lipinski definition) is 1. The van der Waals surface area contributed by atoms with Gasteiger partial charge in [-0.2, -0.15) is 0 Å². The van der Waals surface area contributed by atoms with E-state index in [1.165, 1.54) is 5.69 Å². The number of para-hydroxylation sites is 2. The molecule has 0 saturated carbocycles. The fraction of sp³-hybridized carbons (Fsp3) is 0.182. The molecule has 0 bridgehead atoms. The van der Waals surface area contributed by atoms with Crippen molar-refractivity contribution < 1.29 is 4.74 Å². The van der Waals surface area contributed by atoms with Crippen molar-refractivity contribution in [3.63, 3.8) is 0 Å². The number of likely N-dealkylation sites (N-methyl/N-ethyl adjacent to an activating group) is 1. The SMILES string of the molecule is CCN(CCNc1ccc(Oc2ccccc2)cc1)c1ccccc1. The summed E-state index contributed by atoms with van der Waals surface area (Å²) >= 11 is 0. The maximum absolute atomic E-state index is 5.82. The van der Waals surface area contributed by atoms with E-state index in [-0.39, 0.29) is 0 Å². The van der Waals surface area contributed by atoms with E-state index in [1.807, 2.05) is 42.5 Å². The quantitative estimate of drug-likeness (QED) is 0.596. The first kappa shape index (κ1) is 16.9. The van der Waals surface area contributed by atoms with Crippen molar-refractivity contribution in [2.45, 2.75) is 6.92 Å². The number of hydrogen-bond acceptors (Lipinski definition) is 3.